The van der Waals surface area contributed by atoms with Gasteiger partial charge in [-0.2, -0.15) is 0 Å². The molecule has 0 aromatic heterocycles. The monoisotopic (exact) mass is 296 g/mol. The molecule has 0 saturated heterocycles. The SMILES string of the molecule is CCNC1CC(Oc2ccc([N+](=O)[O-])cc2F)C1(C)CC. The summed E-state index contributed by atoms with van der Waals surface area (Å²) in [5, 5.41) is 14.0. The average Bonchev–Trinajstić information content (AvgIpc) is 2.46. The number of non-ortho nitro benzene ring substituents is 1. The number of nitro groups is 1. The van der Waals surface area contributed by atoms with E-state index in [1.165, 1.54) is 12.1 Å². The molecule has 0 spiro atoms. The van der Waals surface area contributed by atoms with Gasteiger partial charge in [0.1, 0.15) is 6.10 Å². The molecule has 1 aliphatic rings. The quantitative estimate of drug-likeness (QED) is 0.646. The Morgan fingerprint density at radius 1 is 1.52 bits per heavy atom. The zero-order valence-electron chi connectivity index (χ0n) is 12.6. The fourth-order valence-corrected chi connectivity index (χ4v) is 2.89. The molecule has 5 nitrogen and oxygen atoms in total. The molecule has 2 rings (SSSR count). The van der Waals surface area contributed by atoms with Gasteiger partial charge in [0.2, 0.25) is 0 Å². The van der Waals surface area contributed by atoms with Crippen molar-refractivity contribution in [2.24, 2.45) is 5.41 Å². The Morgan fingerprint density at radius 3 is 2.76 bits per heavy atom. The van der Waals surface area contributed by atoms with Crippen LogP contribution in [0.4, 0.5) is 10.1 Å². The Morgan fingerprint density at radius 2 is 2.24 bits per heavy atom. The third-order valence-corrected chi connectivity index (χ3v) is 4.59. The van der Waals surface area contributed by atoms with Crippen LogP contribution in [0.2, 0.25) is 0 Å². The average molecular weight is 296 g/mol. The van der Waals surface area contributed by atoms with Gasteiger partial charge in [-0.3, -0.25) is 10.1 Å². The number of rotatable bonds is 6. The Balaban J connectivity index is 2.11. The maximum absolute atomic E-state index is 13.9. The molecular formula is C15H21FN2O3. The van der Waals surface area contributed by atoms with E-state index in [1.54, 1.807) is 0 Å². The standard InChI is InChI=1S/C15H21FN2O3/c1-4-15(3)13(17-5-2)9-14(15)21-12-7-6-10(18(19)20)8-11(12)16/h6-8,13-14,17H,4-5,9H2,1-3H3. The summed E-state index contributed by atoms with van der Waals surface area (Å²) < 4.78 is 19.6. The highest BCUT2D eigenvalue weighted by molar-refractivity contribution is 5.38. The molecule has 1 saturated carbocycles. The first-order chi connectivity index (χ1) is 9.92. The van der Waals surface area contributed by atoms with Crippen molar-refractivity contribution >= 4 is 5.69 Å². The Labute approximate surface area is 123 Å². The smallest absolute Gasteiger partial charge is 0.272 e. The van der Waals surface area contributed by atoms with E-state index in [2.05, 4.69) is 26.1 Å². The molecule has 1 aliphatic carbocycles. The van der Waals surface area contributed by atoms with E-state index in [0.29, 0.717) is 6.04 Å². The molecule has 6 heteroatoms. The van der Waals surface area contributed by atoms with Gasteiger partial charge in [0, 0.05) is 23.9 Å². The van der Waals surface area contributed by atoms with E-state index in [1.807, 2.05) is 0 Å². The van der Waals surface area contributed by atoms with Gasteiger partial charge < -0.3 is 10.1 Å². The lowest BCUT2D eigenvalue weighted by Gasteiger charge is -2.53. The van der Waals surface area contributed by atoms with Gasteiger partial charge in [0.25, 0.3) is 5.69 Å². The van der Waals surface area contributed by atoms with Crippen LogP contribution in [0.25, 0.3) is 0 Å². The van der Waals surface area contributed by atoms with Crippen LogP contribution in [-0.2, 0) is 0 Å². The maximum atomic E-state index is 13.9. The lowest BCUT2D eigenvalue weighted by molar-refractivity contribution is -0.385. The van der Waals surface area contributed by atoms with Gasteiger partial charge in [0.15, 0.2) is 11.6 Å². The Hall–Kier alpha value is -1.69. The predicted molar refractivity (Wildman–Crippen MR) is 78.0 cm³/mol. The molecule has 116 valence electrons. The number of hydrogen-bond acceptors (Lipinski definition) is 4. The summed E-state index contributed by atoms with van der Waals surface area (Å²) in [5.74, 6) is -0.602. The number of halogens is 1. The first-order valence-electron chi connectivity index (χ1n) is 7.26. The highest BCUT2D eigenvalue weighted by atomic mass is 19.1. The summed E-state index contributed by atoms with van der Waals surface area (Å²) in [6, 6.07) is 3.87. The first-order valence-corrected chi connectivity index (χ1v) is 7.26. The van der Waals surface area contributed by atoms with Gasteiger partial charge in [-0.1, -0.05) is 20.8 Å². The van der Waals surface area contributed by atoms with Gasteiger partial charge in [-0.25, -0.2) is 4.39 Å². The van der Waals surface area contributed by atoms with Crippen molar-refractivity contribution in [1.82, 2.24) is 5.32 Å². The fraction of sp³-hybridized carbons (Fsp3) is 0.600. The van der Waals surface area contributed by atoms with Gasteiger partial charge in [-0.05, 0) is 19.0 Å². The van der Waals surface area contributed by atoms with Crippen LogP contribution >= 0.6 is 0 Å². The summed E-state index contributed by atoms with van der Waals surface area (Å²) >= 11 is 0. The van der Waals surface area contributed by atoms with Crippen molar-refractivity contribution in [3.8, 4) is 5.75 Å². The molecule has 0 bridgehead atoms. The molecule has 1 aromatic carbocycles. The largest absolute Gasteiger partial charge is 0.487 e. The second-order valence-electron chi connectivity index (χ2n) is 5.68. The minimum Gasteiger partial charge on any atom is -0.487 e. The number of nitrogens with one attached hydrogen (secondary N) is 1. The van der Waals surface area contributed by atoms with Crippen LogP contribution in [-0.4, -0.2) is 23.6 Å². The van der Waals surface area contributed by atoms with Crippen molar-refractivity contribution in [2.45, 2.75) is 45.8 Å². The number of nitrogens with zero attached hydrogens (tertiary/aromatic N) is 1. The fourth-order valence-electron chi connectivity index (χ4n) is 2.89. The van der Waals surface area contributed by atoms with Crippen LogP contribution in [0.1, 0.15) is 33.6 Å². The van der Waals surface area contributed by atoms with E-state index >= 15 is 0 Å². The van der Waals surface area contributed by atoms with Crippen molar-refractivity contribution < 1.29 is 14.1 Å². The van der Waals surface area contributed by atoms with Crippen LogP contribution < -0.4 is 10.1 Å². The minimum absolute atomic E-state index is 0.0514. The molecule has 1 N–H and O–H groups in total. The second kappa shape index (κ2) is 5.97. The van der Waals surface area contributed by atoms with Crippen LogP contribution in [0, 0.1) is 21.3 Å². The summed E-state index contributed by atoms with van der Waals surface area (Å²) in [7, 11) is 0. The van der Waals surface area contributed by atoms with E-state index < -0.39 is 10.7 Å². The van der Waals surface area contributed by atoms with Crippen molar-refractivity contribution in [1.29, 1.82) is 0 Å². The predicted octanol–water partition coefficient (Wildman–Crippen LogP) is 3.28. The molecule has 0 aliphatic heterocycles. The van der Waals surface area contributed by atoms with Crippen LogP contribution in [0.3, 0.4) is 0 Å². The minimum atomic E-state index is -0.686. The molecule has 1 aromatic rings. The van der Waals surface area contributed by atoms with Crippen LogP contribution in [0.5, 0.6) is 5.75 Å². The molecule has 3 atom stereocenters. The highest BCUT2D eigenvalue weighted by Gasteiger charge is 2.51. The summed E-state index contributed by atoms with van der Waals surface area (Å²) in [6.07, 6.45) is 1.65. The summed E-state index contributed by atoms with van der Waals surface area (Å²) in [6.45, 7) is 7.16. The van der Waals surface area contributed by atoms with E-state index in [0.717, 1.165) is 25.5 Å². The van der Waals surface area contributed by atoms with Crippen molar-refractivity contribution in [3.63, 3.8) is 0 Å². The molecule has 0 heterocycles. The number of benzene rings is 1. The van der Waals surface area contributed by atoms with E-state index in [4.69, 9.17) is 4.74 Å². The van der Waals surface area contributed by atoms with Gasteiger partial charge in [0.05, 0.1) is 11.0 Å². The number of nitro benzene ring substituents is 1. The first kappa shape index (κ1) is 15.7. The number of ether oxygens (including phenoxy) is 1. The second-order valence-corrected chi connectivity index (χ2v) is 5.68. The van der Waals surface area contributed by atoms with E-state index in [-0.39, 0.29) is 23.0 Å². The molecule has 3 unspecified atom stereocenters. The highest BCUT2D eigenvalue weighted by Crippen LogP contribution is 2.46. The topological polar surface area (TPSA) is 64.4 Å². The number of hydrogen-bond donors (Lipinski definition) is 1. The molecule has 0 amide bonds. The molecule has 0 radical (unpaired) electrons. The van der Waals surface area contributed by atoms with Gasteiger partial charge in [-0.15, -0.1) is 0 Å². The lowest BCUT2D eigenvalue weighted by atomic mass is 9.61. The zero-order valence-corrected chi connectivity index (χ0v) is 12.6. The van der Waals surface area contributed by atoms with Gasteiger partial charge >= 0.3 is 0 Å². The summed E-state index contributed by atoms with van der Waals surface area (Å²) in [5.41, 5.74) is -0.318. The van der Waals surface area contributed by atoms with Crippen LogP contribution in [0.15, 0.2) is 18.2 Å². The van der Waals surface area contributed by atoms with Crippen molar-refractivity contribution in [2.75, 3.05) is 6.54 Å². The zero-order chi connectivity index (χ0) is 15.6. The van der Waals surface area contributed by atoms with E-state index in [9.17, 15) is 14.5 Å². The maximum Gasteiger partial charge on any atom is 0.272 e. The Kier molecular flexibility index (Phi) is 4.46. The third-order valence-electron chi connectivity index (χ3n) is 4.59. The lowest BCUT2D eigenvalue weighted by Crippen LogP contribution is -2.63. The molecule has 1 fully saturated rings. The van der Waals surface area contributed by atoms with Crippen molar-refractivity contribution in [3.05, 3.63) is 34.1 Å². The molecular weight excluding hydrogens is 275 g/mol. The molecule has 21 heavy (non-hydrogen) atoms. The normalized spacial score (nSPS) is 28.0. The summed E-state index contributed by atoms with van der Waals surface area (Å²) in [4.78, 5) is 9.99. The Bertz CT molecular complexity index is 538. The third kappa shape index (κ3) is 2.85.